The van der Waals surface area contributed by atoms with Gasteiger partial charge < -0.3 is 5.11 Å². The molecule has 0 aliphatic carbocycles. The zero-order chi connectivity index (χ0) is 18.3. The standard InChI is InChI=1S/C19H15ClN4O2/c1-2-14-17-22-23-18(19(25)26)24(17)15-9-8-12(20)10-13(15)16(21-14)11-6-4-3-5-7-11/h3-10,14H,2H2,1H3,(H,25,26). The second kappa shape index (κ2) is 6.38. The summed E-state index contributed by atoms with van der Waals surface area (Å²) < 4.78 is 1.57. The second-order valence-electron chi connectivity index (χ2n) is 5.95. The Kier molecular flexibility index (Phi) is 4.05. The second-order valence-corrected chi connectivity index (χ2v) is 6.39. The van der Waals surface area contributed by atoms with Crippen LogP contribution in [0.1, 0.15) is 47.0 Å². The Morgan fingerprint density at radius 1 is 1.19 bits per heavy atom. The topological polar surface area (TPSA) is 80.4 Å². The lowest BCUT2D eigenvalue weighted by atomic mass is 10.0. The number of halogens is 1. The molecule has 0 saturated heterocycles. The van der Waals surface area contributed by atoms with Crippen molar-refractivity contribution < 1.29 is 9.90 Å². The summed E-state index contributed by atoms with van der Waals surface area (Å²) in [6.07, 6.45) is 0.663. The first-order chi connectivity index (χ1) is 12.6. The molecule has 1 unspecified atom stereocenters. The van der Waals surface area contributed by atoms with Crippen LogP contribution in [0, 0.1) is 0 Å². The fraction of sp³-hybridized carbons (Fsp3) is 0.158. The van der Waals surface area contributed by atoms with Crippen LogP contribution in [-0.4, -0.2) is 31.6 Å². The van der Waals surface area contributed by atoms with Crippen molar-refractivity contribution in [1.82, 2.24) is 14.8 Å². The molecule has 0 amide bonds. The monoisotopic (exact) mass is 366 g/mol. The highest BCUT2D eigenvalue weighted by molar-refractivity contribution is 6.31. The summed E-state index contributed by atoms with van der Waals surface area (Å²) in [5.41, 5.74) is 3.11. The van der Waals surface area contributed by atoms with Gasteiger partial charge in [-0.2, -0.15) is 0 Å². The van der Waals surface area contributed by atoms with Gasteiger partial charge >= 0.3 is 5.97 Å². The van der Waals surface area contributed by atoms with Crippen molar-refractivity contribution in [3.63, 3.8) is 0 Å². The molecule has 0 saturated carbocycles. The summed E-state index contributed by atoms with van der Waals surface area (Å²) in [6.45, 7) is 1.99. The maximum absolute atomic E-state index is 11.7. The number of aromatic carboxylic acids is 1. The summed E-state index contributed by atoms with van der Waals surface area (Å²) in [6, 6.07) is 14.8. The number of fused-ring (bicyclic) bond motifs is 3. The quantitative estimate of drug-likeness (QED) is 0.761. The van der Waals surface area contributed by atoms with E-state index in [1.54, 1.807) is 22.8 Å². The number of aromatic nitrogens is 3. The van der Waals surface area contributed by atoms with Gasteiger partial charge in [0, 0.05) is 16.1 Å². The van der Waals surface area contributed by atoms with Crippen molar-refractivity contribution in [2.24, 2.45) is 4.99 Å². The van der Waals surface area contributed by atoms with Crippen molar-refractivity contribution in [2.75, 3.05) is 0 Å². The van der Waals surface area contributed by atoms with E-state index in [-0.39, 0.29) is 11.9 Å². The molecule has 0 spiro atoms. The van der Waals surface area contributed by atoms with Crippen LogP contribution in [0.2, 0.25) is 5.02 Å². The number of hydrogen-bond acceptors (Lipinski definition) is 4. The molecule has 6 nitrogen and oxygen atoms in total. The van der Waals surface area contributed by atoms with Gasteiger partial charge in [0.05, 0.1) is 11.4 Å². The average molecular weight is 367 g/mol. The number of rotatable bonds is 3. The maximum Gasteiger partial charge on any atom is 0.374 e. The van der Waals surface area contributed by atoms with Gasteiger partial charge in [0.1, 0.15) is 6.04 Å². The molecule has 2 aromatic carbocycles. The minimum atomic E-state index is -1.14. The van der Waals surface area contributed by atoms with E-state index in [0.717, 1.165) is 16.8 Å². The number of carboxylic acids is 1. The average Bonchev–Trinajstić information content (AvgIpc) is 3.03. The van der Waals surface area contributed by atoms with E-state index in [0.29, 0.717) is 23.0 Å². The van der Waals surface area contributed by atoms with Crippen LogP contribution in [0.4, 0.5) is 0 Å². The first-order valence-electron chi connectivity index (χ1n) is 8.22. The van der Waals surface area contributed by atoms with Gasteiger partial charge in [0.15, 0.2) is 5.82 Å². The van der Waals surface area contributed by atoms with Gasteiger partial charge in [-0.1, -0.05) is 48.9 Å². The third-order valence-corrected chi connectivity index (χ3v) is 4.59. The molecule has 130 valence electrons. The maximum atomic E-state index is 11.7. The zero-order valence-electron chi connectivity index (χ0n) is 13.9. The predicted octanol–water partition coefficient (Wildman–Crippen LogP) is 3.92. The number of carbonyl (C=O) groups is 1. The van der Waals surface area contributed by atoms with Crippen molar-refractivity contribution in [2.45, 2.75) is 19.4 Å². The zero-order valence-corrected chi connectivity index (χ0v) is 14.7. The SMILES string of the molecule is CCC1N=C(c2ccccc2)c2cc(Cl)ccc2-n2c(C(=O)O)nnc21. The molecule has 1 aliphatic heterocycles. The van der Waals surface area contributed by atoms with Crippen LogP contribution in [-0.2, 0) is 0 Å². The molecule has 1 atom stereocenters. The largest absolute Gasteiger partial charge is 0.475 e. The Balaban J connectivity index is 2.07. The highest BCUT2D eigenvalue weighted by Crippen LogP contribution is 2.33. The lowest BCUT2D eigenvalue weighted by molar-refractivity contribution is 0.0680. The van der Waals surface area contributed by atoms with Crippen molar-refractivity contribution >= 4 is 23.3 Å². The predicted molar refractivity (Wildman–Crippen MR) is 98.4 cm³/mol. The third kappa shape index (κ3) is 2.59. The van der Waals surface area contributed by atoms with Gasteiger partial charge in [-0.3, -0.25) is 9.56 Å². The van der Waals surface area contributed by atoms with Crippen molar-refractivity contribution in [1.29, 1.82) is 0 Å². The Bertz CT molecular complexity index is 1030. The molecule has 1 aromatic heterocycles. The van der Waals surface area contributed by atoms with Crippen LogP contribution < -0.4 is 0 Å². The van der Waals surface area contributed by atoms with E-state index in [2.05, 4.69) is 10.2 Å². The summed E-state index contributed by atoms with van der Waals surface area (Å²) in [5, 5.41) is 18.1. The molecular formula is C19H15ClN4O2. The van der Waals surface area contributed by atoms with Gasteiger partial charge in [-0.05, 0) is 24.6 Å². The summed E-state index contributed by atoms with van der Waals surface area (Å²) in [4.78, 5) is 16.6. The molecule has 0 fully saturated rings. The normalized spacial score (nSPS) is 15.6. The lowest BCUT2D eigenvalue weighted by Gasteiger charge is -2.12. The summed E-state index contributed by atoms with van der Waals surface area (Å²) >= 11 is 6.24. The van der Waals surface area contributed by atoms with Crippen molar-refractivity contribution in [3.05, 3.63) is 76.3 Å². The van der Waals surface area contributed by atoms with Gasteiger partial charge in [-0.25, -0.2) is 4.79 Å². The van der Waals surface area contributed by atoms with E-state index >= 15 is 0 Å². The summed E-state index contributed by atoms with van der Waals surface area (Å²) in [5.74, 6) is -0.756. The van der Waals surface area contributed by atoms with Crippen LogP contribution in [0.3, 0.4) is 0 Å². The molecule has 0 bridgehead atoms. The smallest absolute Gasteiger partial charge is 0.374 e. The summed E-state index contributed by atoms with van der Waals surface area (Å²) in [7, 11) is 0. The van der Waals surface area contributed by atoms with E-state index < -0.39 is 5.97 Å². The molecule has 7 heteroatoms. The van der Waals surface area contributed by atoms with E-state index in [1.807, 2.05) is 37.3 Å². The molecule has 1 N–H and O–H groups in total. The number of carboxylic acid groups (broad SMARTS) is 1. The molecule has 26 heavy (non-hydrogen) atoms. The fourth-order valence-corrected chi connectivity index (χ4v) is 3.34. The Morgan fingerprint density at radius 2 is 1.96 bits per heavy atom. The van der Waals surface area contributed by atoms with Gasteiger partial charge in [0.25, 0.3) is 0 Å². The molecule has 3 aromatic rings. The number of nitrogens with zero attached hydrogens (tertiary/aromatic N) is 4. The van der Waals surface area contributed by atoms with Gasteiger partial charge in [0.2, 0.25) is 5.82 Å². The highest BCUT2D eigenvalue weighted by Gasteiger charge is 2.30. The molecule has 4 rings (SSSR count). The Labute approximate surface area is 154 Å². The Morgan fingerprint density at radius 3 is 2.65 bits per heavy atom. The van der Waals surface area contributed by atoms with E-state index in [4.69, 9.17) is 16.6 Å². The number of benzene rings is 2. The fourth-order valence-electron chi connectivity index (χ4n) is 3.16. The first-order valence-corrected chi connectivity index (χ1v) is 8.60. The van der Waals surface area contributed by atoms with Crippen LogP contribution in [0.15, 0.2) is 53.5 Å². The van der Waals surface area contributed by atoms with E-state index in [1.165, 1.54) is 0 Å². The van der Waals surface area contributed by atoms with Crippen LogP contribution in [0.5, 0.6) is 0 Å². The molecule has 0 radical (unpaired) electrons. The van der Waals surface area contributed by atoms with Crippen LogP contribution >= 0.6 is 11.6 Å². The number of aliphatic imine (C=N–C) groups is 1. The molecule has 2 heterocycles. The third-order valence-electron chi connectivity index (χ3n) is 4.35. The molecule has 1 aliphatic rings. The van der Waals surface area contributed by atoms with E-state index in [9.17, 15) is 9.90 Å². The highest BCUT2D eigenvalue weighted by atomic mass is 35.5. The van der Waals surface area contributed by atoms with Crippen LogP contribution in [0.25, 0.3) is 5.69 Å². The molecular weight excluding hydrogens is 352 g/mol. The van der Waals surface area contributed by atoms with Gasteiger partial charge in [-0.15, -0.1) is 10.2 Å². The lowest BCUT2D eigenvalue weighted by Crippen LogP contribution is -2.13. The Hall–Kier alpha value is -2.99. The van der Waals surface area contributed by atoms with Crippen molar-refractivity contribution in [3.8, 4) is 5.69 Å². The minimum Gasteiger partial charge on any atom is -0.475 e. The first kappa shape index (κ1) is 16.5. The number of hydrogen-bond donors (Lipinski definition) is 1. The minimum absolute atomic E-state index is 0.133.